The Kier molecular flexibility index (Phi) is 5.99. The summed E-state index contributed by atoms with van der Waals surface area (Å²) in [7, 11) is 0. The highest BCUT2D eigenvalue weighted by Gasteiger charge is 2.55. The standard InChI is InChI=1S/C21H35F3O2/c1-19-13-9-15-5-4-12-20(26,21(22,23)24)11-3-2-6-17(15)18(19)8-7-16(19)10-14-25/h15-18,25-26H,2-14H2,1H3/t15-,16+,17+,18-,19+,20-/m0/s1. The second-order valence-electron chi connectivity index (χ2n) is 9.53. The van der Waals surface area contributed by atoms with Gasteiger partial charge in [0, 0.05) is 6.61 Å². The zero-order valence-electron chi connectivity index (χ0n) is 16.0. The van der Waals surface area contributed by atoms with Gasteiger partial charge in [0.1, 0.15) is 0 Å². The molecule has 0 radical (unpaired) electrons. The van der Waals surface area contributed by atoms with Gasteiger partial charge in [-0.15, -0.1) is 0 Å². The molecular weight excluding hydrogens is 341 g/mol. The third-order valence-electron chi connectivity index (χ3n) is 8.33. The normalized spacial score (nSPS) is 45.0. The van der Waals surface area contributed by atoms with Crippen LogP contribution in [0.2, 0.25) is 0 Å². The second kappa shape index (κ2) is 7.62. The summed E-state index contributed by atoms with van der Waals surface area (Å²) in [5.41, 5.74) is -2.18. The lowest BCUT2D eigenvalue weighted by molar-refractivity contribution is -0.266. The highest BCUT2D eigenvalue weighted by molar-refractivity contribution is 5.02. The van der Waals surface area contributed by atoms with Crippen molar-refractivity contribution in [3.8, 4) is 0 Å². The molecule has 3 aliphatic carbocycles. The van der Waals surface area contributed by atoms with Gasteiger partial charge in [-0.25, -0.2) is 0 Å². The molecule has 26 heavy (non-hydrogen) atoms. The highest BCUT2D eigenvalue weighted by Crippen LogP contribution is 2.61. The number of fused-ring (bicyclic) bond motifs is 3. The van der Waals surface area contributed by atoms with Crippen molar-refractivity contribution in [3.63, 3.8) is 0 Å². The Morgan fingerprint density at radius 3 is 2.35 bits per heavy atom. The zero-order chi connectivity index (χ0) is 19.0. The lowest BCUT2D eigenvalue weighted by Gasteiger charge is -2.49. The van der Waals surface area contributed by atoms with Crippen LogP contribution in [0.4, 0.5) is 13.2 Å². The van der Waals surface area contributed by atoms with E-state index in [-0.39, 0.29) is 19.4 Å². The number of hydrogen-bond donors (Lipinski definition) is 2. The third kappa shape index (κ3) is 3.67. The van der Waals surface area contributed by atoms with Crippen LogP contribution >= 0.6 is 0 Å². The molecule has 3 fully saturated rings. The molecule has 0 saturated heterocycles. The minimum Gasteiger partial charge on any atom is -0.396 e. The van der Waals surface area contributed by atoms with Gasteiger partial charge < -0.3 is 10.2 Å². The van der Waals surface area contributed by atoms with Crippen molar-refractivity contribution in [3.05, 3.63) is 0 Å². The molecular formula is C21H35F3O2. The van der Waals surface area contributed by atoms with Gasteiger partial charge in [0.05, 0.1) is 0 Å². The average Bonchev–Trinajstić information content (AvgIpc) is 2.89. The minimum absolute atomic E-state index is 0.144. The van der Waals surface area contributed by atoms with E-state index in [1.54, 1.807) is 0 Å². The van der Waals surface area contributed by atoms with Crippen molar-refractivity contribution in [1.29, 1.82) is 0 Å². The molecule has 152 valence electrons. The van der Waals surface area contributed by atoms with E-state index >= 15 is 0 Å². The van der Waals surface area contributed by atoms with E-state index in [1.807, 2.05) is 0 Å². The quantitative estimate of drug-likeness (QED) is 0.671. The van der Waals surface area contributed by atoms with E-state index in [0.717, 1.165) is 38.5 Å². The number of aliphatic hydroxyl groups is 2. The summed E-state index contributed by atoms with van der Waals surface area (Å²) < 4.78 is 39.8. The predicted octanol–water partition coefficient (Wildman–Crippen LogP) is 5.47. The molecule has 0 aromatic heterocycles. The number of alkyl halides is 3. The van der Waals surface area contributed by atoms with Gasteiger partial charge in [0.25, 0.3) is 0 Å². The minimum atomic E-state index is -4.51. The van der Waals surface area contributed by atoms with E-state index < -0.39 is 11.8 Å². The molecule has 0 aromatic rings. The molecule has 3 saturated carbocycles. The first kappa shape index (κ1) is 20.4. The van der Waals surface area contributed by atoms with Crippen molar-refractivity contribution in [1.82, 2.24) is 0 Å². The molecule has 6 atom stereocenters. The van der Waals surface area contributed by atoms with Gasteiger partial charge in [-0.05, 0) is 86.9 Å². The third-order valence-corrected chi connectivity index (χ3v) is 8.33. The summed E-state index contributed by atoms with van der Waals surface area (Å²) in [6.45, 7) is 2.67. The Hall–Kier alpha value is -0.290. The van der Waals surface area contributed by atoms with Gasteiger partial charge in [-0.2, -0.15) is 13.2 Å². The maximum atomic E-state index is 13.3. The number of halogens is 3. The molecule has 2 N–H and O–H groups in total. The van der Waals surface area contributed by atoms with Crippen LogP contribution in [0.25, 0.3) is 0 Å². The topological polar surface area (TPSA) is 40.5 Å². The fraction of sp³-hybridized carbons (Fsp3) is 1.00. The average molecular weight is 377 g/mol. The van der Waals surface area contributed by atoms with Gasteiger partial charge in [0.2, 0.25) is 0 Å². The molecule has 3 rings (SSSR count). The Morgan fingerprint density at radius 2 is 1.65 bits per heavy atom. The number of aliphatic hydroxyl groups excluding tert-OH is 1. The molecule has 3 aliphatic rings. The summed E-state index contributed by atoms with van der Waals surface area (Å²) in [5.74, 6) is 2.40. The fourth-order valence-corrected chi connectivity index (χ4v) is 6.76. The Morgan fingerprint density at radius 1 is 0.923 bits per heavy atom. The predicted molar refractivity (Wildman–Crippen MR) is 95.6 cm³/mol. The maximum absolute atomic E-state index is 13.3. The van der Waals surface area contributed by atoms with E-state index in [2.05, 4.69) is 6.92 Å². The first-order valence-electron chi connectivity index (χ1n) is 10.6. The van der Waals surface area contributed by atoms with E-state index in [4.69, 9.17) is 0 Å². The zero-order valence-corrected chi connectivity index (χ0v) is 16.0. The smallest absolute Gasteiger partial charge is 0.396 e. The second-order valence-corrected chi connectivity index (χ2v) is 9.53. The Labute approximate surface area is 155 Å². The van der Waals surface area contributed by atoms with Crippen LogP contribution in [0.3, 0.4) is 0 Å². The van der Waals surface area contributed by atoms with Crippen LogP contribution in [0, 0.1) is 29.1 Å². The Balaban J connectivity index is 1.71. The van der Waals surface area contributed by atoms with Gasteiger partial charge in [-0.3, -0.25) is 0 Å². The van der Waals surface area contributed by atoms with Crippen molar-refractivity contribution in [2.24, 2.45) is 29.1 Å². The van der Waals surface area contributed by atoms with Crippen molar-refractivity contribution in [2.75, 3.05) is 6.61 Å². The largest absolute Gasteiger partial charge is 0.417 e. The SMILES string of the molecule is C[C@]12CC[C@@H]3CCC[C@](O)(C(F)(F)F)CCCC[C@H]3[C@@H]1CC[C@@H]2CCO. The van der Waals surface area contributed by atoms with Crippen LogP contribution in [-0.2, 0) is 0 Å². The van der Waals surface area contributed by atoms with Crippen LogP contribution in [0.5, 0.6) is 0 Å². The molecule has 0 aliphatic heterocycles. The van der Waals surface area contributed by atoms with Crippen molar-refractivity contribution in [2.45, 2.75) is 95.8 Å². The van der Waals surface area contributed by atoms with Gasteiger partial charge >= 0.3 is 6.18 Å². The van der Waals surface area contributed by atoms with E-state index in [0.29, 0.717) is 41.9 Å². The monoisotopic (exact) mass is 376 g/mol. The van der Waals surface area contributed by atoms with Crippen LogP contribution in [0.1, 0.15) is 84.0 Å². The molecule has 0 bridgehead atoms. The number of hydrogen-bond acceptors (Lipinski definition) is 2. The van der Waals surface area contributed by atoms with E-state index in [9.17, 15) is 23.4 Å². The molecule has 0 unspecified atom stereocenters. The maximum Gasteiger partial charge on any atom is 0.417 e. The summed E-state index contributed by atoms with van der Waals surface area (Å²) in [6, 6.07) is 0. The molecule has 0 amide bonds. The van der Waals surface area contributed by atoms with Crippen molar-refractivity contribution < 1.29 is 23.4 Å². The fourth-order valence-electron chi connectivity index (χ4n) is 6.76. The summed E-state index contributed by atoms with van der Waals surface area (Å²) in [4.78, 5) is 0. The Bertz CT molecular complexity index is 480. The lowest BCUT2D eigenvalue weighted by atomic mass is 9.56. The molecule has 2 nitrogen and oxygen atoms in total. The molecule has 0 spiro atoms. The van der Waals surface area contributed by atoms with Crippen LogP contribution in [0.15, 0.2) is 0 Å². The van der Waals surface area contributed by atoms with Crippen LogP contribution in [-0.4, -0.2) is 28.6 Å². The summed E-state index contributed by atoms with van der Waals surface area (Å²) in [6.07, 6.45) is 4.29. The number of rotatable bonds is 2. The summed E-state index contributed by atoms with van der Waals surface area (Å²) in [5, 5.41) is 19.6. The molecule has 0 heterocycles. The van der Waals surface area contributed by atoms with Gasteiger partial charge in [0.15, 0.2) is 5.60 Å². The highest BCUT2D eigenvalue weighted by atomic mass is 19.4. The van der Waals surface area contributed by atoms with Gasteiger partial charge in [-0.1, -0.05) is 26.2 Å². The summed E-state index contributed by atoms with van der Waals surface area (Å²) >= 11 is 0. The molecule has 0 aromatic carbocycles. The lowest BCUT2D eigenvalue weighted by Crippen LogP contribution is -2.46. The first-order chi connectivity index (χ1) is 12.2. The van der Waals surface area contributed by atoms with Crippen molar-refractivity contribution >= 4 is 0 Å². The van der Waals surface area contributed by atoms with Crippen LogP contribution < -0.4 is 0 Å². The molecule has 5 heteroatoms. The first-order valence-corrected chi connectivity index (χ1v) is 10.6. The van der Waals surface area contributed by atoms with E-state index in [1.165, 1.54) is 12.8 Å².